The monoisotopic (exact) mass is 321 g/mol. The molecule has 124 valence electrons. The van der Waals surface area contributed by atoms with E-state index in [1.807, 2.05) is 6.92 Å². The molecule has 1 amide bonds. The number of rotatable bonds is 7. The second-order valence-electron chi connectivity index (χ2n) is 4.71. The predicted molar refractivity (Wildman–Crippen MR) is 84.1 cm³/mol. The van der Waals surface area contributed by atoms with Gasteiger partial charge in [-0.1, -0.05) is 6.92 Å². The summed E-state index contributed by atoms with van der Waals surface area (Å²) in [7, 11) is 0. The molecule has 0 aliphatic rings. The van der Waals surface area contributed by atoms with E-state index in [2.05, 4.69) is 10.5 Å². The number of hydrogen-bond acceptors (Lipinski definition) is 6. The molecule has 0 aliphatic carbocycles. The number of nitro groups is 1. The fraction of sp³-hybridized carbons (Fsp3) is 0.400. The van der Waals surface area contributed by atoms with E-state index >= 15 is 0 Å². The molecule has 0 unspecified atom stereocenters. The number of hydrogen-bond donors (Lipinski definition) is 1. The third-order valence-electron chi connectivity index (χ3n) is 3.16. The number of nitro benzene ring substituents is 1. The Morgan fingerprint density at radius 1 is 1.30 bits per heavy atom. The molecule has 1 rings (SSSR count). The van der Waals surface area contributed by atoms with Crippen molar-refractivity contribution in [2.45, 2.75) is 27.2 Å². The van der Waals surface area contributed by atoms with Gasteiger partial charge in [0.1, 0.15) is 0 Å². The molecular weight excluding hydrogens is 302 g/mol. The number of amides is 1. The quantitative estimate of drug-likeness (QED) is 0.358. The molecule has 0 bridgehead atoms. The Morgan fingerprint density at radius 3 is 2.39 bits per heavy atom. The average molecular weight is 321 g/mol. The van der Waals surface area contributed by atoms with Crippen LogP contribution in [0.2, 0.25) is 0 Å². The molecule has 8 nitrogen and oxygen atoms in total. The minimum absolute atomic E-state index is 0.102. The Bertz CT molecular complexity index is 610. The zero-order valence-electron chi connectivity index (χ0n) is 13.2. The number of ether oxygens (including phenoxy) is 1. The van der Waals surface area contributed by atoms with Gasteiger partial charge in [-0.3, -0.25) is 19.7 Å². The van der Waals surface area contributed by atoms with Gasteiger partial charge in [0, 0.05) is 23.4 Å². The summed E-state index contributed by atoms with van der Waals surface area (Å²) in [6.07, 6.45) is 0.502. The molecule has 1 N–H and O–H groups in total. The normalized spacial score (nSPS) is 12.4. The van der Waals surface area contributed by atoms with Crippen LogP contribution in [0.3, 0.4) is 0 Å². The highest BCUT2D eigenvalue weighted by molar-refractivity contribution is 6.02. The van der Waals surface area contributed by atoms with Crippen LogP contribution in [-0.2, 0) is 9.53 Å². The molecular formula is C15H19N3O5. The van der Waals surface area contributed by atoms with Crippen molar-refractivity contribution in [3.8, 4) is 0 Å². The number of benzene rings is 1. The van der Waals surface area contributed by atoms with Crippen LogP contribution in [0.1, 0.15) is 37.6 Å². The van der Waals surface area contributed by atoms with Crippen LogP contribution in [0, 0.1) is 16.0 Å². The molecule has 0 heterocycles. The summed E-state index contributed by atoms with van der Waals surface area (Å²) in [4.78, 5) is 33.7. The van der Waals surface area contributed by atoms with Gasteiger partial charge in [-0.15, -0.1) is 0 Å². The van der Waals surface area contributed by atoms with Gasteiger partial charge in [-0.2, -0.15) is 5.10 Å². The van der Waals surface area contributed by atoms with Crippen molar-refractivity contribution in [1.82, 2.24) is 5.43 Å². The first-order chi connectivity index (χ1) is 10.9. The average Bonchev–Trinajstić information content (AvgIpc) is 2.53. The molecule has 0 aliphatic heterocycles. The number of esters is 1. The van der Waals surface area contributed by atoms with E-state index in [1.165, 1.54) is 24.3 Å². The van der Waals surface area contributed by atoms with Crippen LogP contribution >= 0.6 is 0 Å². The van der Waals surface area contributed by atoms with E-state index in [0.29, 0.717) is 12.1 Å². The molecule has 8 heteroatoms. The fourth-order valence-corrected chi connectivity index (χ4v) is 1.89. The summed E-state index contributed by atoms with van der Waals surface area (Å²) in [6.45, 7) is 5.44. The first-order valence-corrected chi connectivity index (χ1v) is 7.16. The minimum atomic E-state index is -0.546. The lowest BCUT2D eigenvalue weighted by Gasteiger charge is -2.13. The topological polar surface area (TPSA) is 111 Å². The summed E-state index contributed by atoms with van der Waals surface area (Å²) >= 11 is 0. The number of hydrazone groups is 1. The van der Waals surface area contributed by atoms with Crippen LogP contribution in [0.15, 0.2) is 29.4 Å². The van der Waals surface area contributed by atoms with Gasteiger partial charge in [-0.05, 0) is 32.4 Å². The summed E-state index contributed by atoms with van der Waals surface area (Å²) < 4.78 is 4.95. The molecule has 23 heavy (non-hydrogen) atoms. The highest BCUT2D eigenvalue weighted by atomic mass is 16.6. The lowest BCUT2D eigenvalue weighted by Crippen LogP contribution is -2.27. The van der Waals surface area contributed by atoms with Crippen molar-refractivity contribution in [2.24, 2.45) is 11.0 Å². The van der Waals surface area contributed by atoms with Gasteiger partial charge in [0.2, 0.25) is 0 Å². The molecule has 0 saturated heterocycles. The Hall–Kier alpha value is -2.77. The first-order valence-electron chi connectivity index (χ1n) is 7.16. The SMILES string of the molecule is CCOC(=O)[C@@H](CC)C(C)=NNC(=O)c1ccc([N+](=O)[O-])cc1. The highest BCUT2D eigenvalue weighted by Gasteiger charge is 2.21. The van der Waals surface area contributed by atoms with E-state index in [0.717, 1.165) is 0 Å². The van der Waals surface area contributed by atoms with Crippen molar-refractivity contribution in [1.29, 1.82) is 0 Å². The van der Waals surface area contributed by atoms with E-state index in [-0.39, 0.29) is 23.8 Å². The van der Waals surface area contributed by atoms with Gasteiger partial charge >= 0.3 is 5.97 Å². The summed E-state index contributed by atoms with van der Waals surface area (Å²) in [5, 5.41) is 14.5. The van der Waals surface area contributed by atoms with Crippen LogP contribution in [-0.4, -0.2) is 29.1 Å². The maximum Gasteiger partial charge on any atom is 0.314 e. The Balaban J connectivity index is 2.75. The Morgan fingerprint density at radius 2 is 1.91 bits per heavy atom. The molecule has 1 aromatic rings. The number of carbonyl (C=O) groups excluding carboxylic acids is 2. The van der Waals surface area contributed by atoms with Crippen LogP contribution in [0.5, 0.6) is 0 Å². The van der Waals surface area contributed by atoms with E-state index in [9.17, 15) is 19.7 Å². The van der Waals surface area contributed by atoms with E-state index in [1.54, 1.807) is 13.8 Å². The van der Waals surface area contributed by atoms with Crippen LogP contribution in [0.25, 0.3) is 0 Å². The third-order valence-corrected chi connectivity index (χ3v) is 3.16. The lowest BCUT2D eigenvalue weighted by atomic mass is 10.0. The second-order valence-corrected chi connectivity index (χ2v) is 4.71. The Kier molecular flexibility index (Phi) is 6.85. The van der Waals surface area contributed by atoms with Crippen molar-refractivity contribution < 1.29 is 19.2 Å². The fourth-order valence-electron chi connectivity index (χ4n) is 1.89. The van der Waals surface area contributed by atoms with E-state index < -0.39 is 16.7 Å². The standard InChI is InChI=1S/C15H19N3O5/c1-4-13(15(20)23-5-2)10(3)16-17-14(19)11-6-8-12(9-7-11)18(21)22/h6-9,13H,4-5H2,1-3H3,(H,17,19)/t13-/m0/s1. The lowest BCUT2D eigenvalue weighted by molar-refractivity contribution is -0.384. The maximum absolute atomic E-state index is 11.9. The van der Waals surface area contributed by atoms with E-state index in [4.69, 9.17) is 4.74 Å². The van der Waals surface area contributed by atoms with Crippen LogP contribution < -0.4 is 5.43 Å². The summed E-state index contributed by atoms with van der Waals surface area (Å²) in [6, 6.07) is 5.14. The molecule has 1 atom stereocenters. The van der Waals surface area contributed by atoms with Gasteiger partial charge in [0.25, 0.3) is 11.6 Å². The number of nitrogens with zero attached hydrogens (tertiary/aromatic N) is 2. The summed E-state index contributed by atoms with van der Waals surface area (Å²) in [5.41, 5.74) is 2.89. The molecule has 0 radical (unpaired) electrons. The highest BCUT2D eigenvalue weighted by Crippen LogP contribution is 2.12. The molecule has 0 saturated carbocycles. The zero-order valence-corrected chi connectivity index (χ0v) is 13.2. The second kappa shape index (κ2) is 8.62. The summed E-state index contributed by atoms with van der Waals surface area (Å²) in [5.74, 6) is -1.43. The minimum Gasteiger partial charge on any atom is -0.465 e. The largest absolute Gasteiger partial charge is 0.465 e. The van der Waals surface area contributed by atoms with Gasteiger partial charge in [-0.25, -0.2) is 5.43 Å². The number of carbonyl (C=O) groups is 2. The maximum atomic E-state index is 11.9. The van der Waals surface area contributed by atoms with Gasteiger partial charge in [0.15, 0.2) is 0 Å². The van der Waals surface area contributed by atoms with Crippen molar-refractivity contribution in [3.63, 3.8) is 0 Å². The van der Waals surface area contributed by atoms with Crippen molar-refractivity contribution in [2.75, 3.05) is 6.61 Å². The Labute approximate surface area is 133 Å². The molecule has 0 aromatic heterocycles. The third kappa shape index (κ3) is 5.17. The molecule has 0 spiro atoms. The molecule has 1 aromatic carbocycles. The smallest absolute Gasteiger partial charge is 0.314 e. The zero-order chi connectivity index (χ0) is 17.4. The number of non-ortho nitro benzene ring substituents is 1. The van der Waals surface area contributed by atoms with Crippen LogP contribution in [0.4, 0.5) is 5.69 Å². The van der Waals surface area contributed by atoms with Gasteiger partial charge in [0.05, 0.1) is 17.4 Å². The predicted octanol–water partition coefficient (Wildman–Crippen LogP) is 2.29. The number of nitrogens with one attached hydrogen (secondary N) is 1. The molecule has 0 fully saturated rings. The first kappa shape index (κ1) is 18.3. The van der Waals surface area contributed by atoms with Gasteiger partial charge < -0.3 is 4.74 Å². The van der Waals surface area contributed by atoms with Crippen molar-refractivity contribution in [3.05, 3.63) is 39.9 Å². The van der Waals surface area contributed by atoms with Crippen molar-refractivity contribution >= 4 is 23.3 Å².